The van der Waals surface area contributed by atoms with Gasteiger partial charge in [0.15, 0.2) is 0 Å². The molecule has 0 aliphatic carbocycles. The number of rotatable bonds is 5. The molecule has 0 unspecified atom stereocenters. The lowest BCUT2D eigenvalue weighted by atomic mass is 10.1. The minimum atomic E-state index is -0.661. The molecular formula is C9H18N2O. The van der Waals surface area contributed by atoms with Gasteiger partial charge in [0.2, 0.25) is 0 Å². The summed E-state index contributed by atoms with van der Waals surface area (Å²) < 4.78 is 0. The Balaban J connectivity index is 3.77. The maximum Gasteiger partial charge on any atom is 0.0718 e. The Morgan fingerprint density at radius 1 is 1.50 bits per heavy atom. The van der Waals surface area contributed by atoms with Gasteiger partial charge in [-0.05, 0) is 20.4 Å². The second-order valence-electron chi connectivity index (χ2n) is 3.59. The molecule has 0 heterocycles. The molecule has 0 amide bonds. The van der Waals surface area contributed by atoms with Gasteiger partial charge >= 0.3 is 0 Å². The van der Waals surface area contributed by atoms with Crippen molar-refractivity contribution in [3.8, 4) is 6.07 Å². The number of likely N-dealkylation sites (N-methyl/N-ethyl adjacent to an activating group) is 1. The van der Waals surface area contributed by atoms with E-state index in [0.29, 0.717) is 13.0 Å². The average molecular weight is 170 g/mol. The summed E-state index contributed by atoms with van der Waals surface area (Å²) in [6.45, 7) is 7.85. The SMILES string of the molecule is CCN(CCC#N)CC(C)(C)O. The van der Waals surface area contributed by atoms with Crippen LogP contribution in [-0.2, 0) is 0 Å². The van der Waals surface area contributed by atoms with E-state index in [9.17, 15) is 5.11 Å². The van der Waals surface area contributed by atoms with Crippen LogP contribution < -0.4 is 0 Å². The van der Waals surface area contributed by atoms with E-state index in [1.807, 2.05) is 6.92 Å². The van der Waals surface area contributed by atoms with Crippen LogP contribution in [0.2, 0.25) is 0 Å². The van der Waals surface area contributed by atoms with Crippen LogP contribution in [0.25, 0.3) is 0 Å². The van der Waals surface area contributed by atoms with Gasteiger partial charge in [0.1, 0.15) is 0 Å². The fourth-order valence-electron chi connectivity index (χ4n) is 1.10. The maximum absolute atomic E-state index is 9.49. The normalized spacial score (nSPS) is 11.7. The molecule has 0 saturated heterocycles. The summed E-state index contributed by atoms with van der Waals surface area (Å²) >= 11 is 0. The smallest absolute Gasteiger partial charge is 0.0718 e. The van der Waals surface area contributed by atoms with Crippen LogP contribution in [0.15, 0.2) is 0 Å². The van der Waals surface area contributed by atoms with E-state index in [-0.39, 0.29) is 0 Å². The number of nitriles is 1. The van der Waals surface area contributed by atoms with Crippen LogP contribution in [0.4, 0.5) is 0 Å². The molecule has 0 saturated carbocycles. The Morgan fingerprint density at radius 2 is 2.08 bits per heavy atom. The molecule has 70 valence electrons. The molecule has 12 heavy (non-hydrogen) atoms. The second-order valence-corrected chi connectivity index (χ2v) is 3.59. The van der Waals surface area contributed by atoms with Crippen LogP contribution in [0.1, 0.15) is 27.2 Å². The van der Waals surface area contributed by atoms with Crippen molar-refractivity contribution in [2.75, 3.05) is 19.6 Å². The van der Waals surface area contributed by atoms with Crippen LogP contribution >= 0.6 is 0 Å². The lowest BCUT2D eigenvalue weighted by Crippen LogP contribution is -2.38. The van der Waals surface area contributed by atoms with Crippen LogP contribution in [0.5, 0.6) is 0 Å². The Hall–Kier alpha value is -0.590. The molecule has 0 fully saturated rings. The standard InChI is InChI=1S/C9H18N2O/c1-4-11(7-5-6-10)8-9(2,3)12/h12H,4-5,7-8H2,1-3H3. The van der Waals surface area contributed by atoms with Crippen LogP contribution in [0.3, 0.4) is 0 Å². The maximum atomic E-state index is 9.49. The highest BCUT2D eigenvalue weighted by Crippen LogP contribution is 2.04. The van der Waals surface area contributed by atoms with Gasteiger partial charge < -0.3 is 5.11 Å². The summed E-state index contributed by atoms with van der Waals surface area (Å²) in [5, 5.41) is 17.9. The predicted octanol–water partition coefficient (Wildman–Crippen LogP) is 0.993. The summed E-state index contributed by atoms with van der Waals surface area (Å²) in [7, 11) is 0. The number of hydrogen-bond donors (Lipinski definition) is 1. The molecule has 0 atom stereocenters. The molecule has 0 aromatic heterocycles. The first-order chi connectivity index (χ1) is 5.49. The van der Waals surface area contributed by atoms with Crippen molar-refractivity contribution in [1.29, 1.82) is 5.26 Å². The first-order valence-electron chi connectivity index (χ1n) is 4.31. The lowest BCUT2D eigenvalue weighted by molar-refractivity contribution is 0.0386. The molecule has 0 spiro atoms. The van der Waals surface area contributed by atoms with Crippen molar-refractivity contribution >= 4 is 0 Å². The largest absolute Gasteiger partial charge is 0.389 e. The van der Waals surface area contributed by atoms with Gasteiger partial charge in [0.05, 0.1) is 11.7 Å². The van der Waals surface area contributed by atoms with Gasteiger partial charge in [-0.2, -0.15) is 5.26 Å². The van der Waals surface area contributed by atoms with Crippen LogP contribution in [-0.4, -0.2) is 35.2 Å². The summed E-state index contributed by atoms with van der Waals surface area (Å²) in [4.78, 5) is 2.07. The molecule has 0 aliphatic heterocycles. The number of aliphatic hydroxyl groups is 1. The molecule has 0 aliphatic rings. The van der Waals surface area contributed by atoms with Gasteiger partial charge in [0.25, 0.3) is 0 Å². The molecule has 1 N–H and O–H groups in total. The highest BCUT2D eigenvalue weighted by Gasteiger charge is 2.16. The van der Waals surface area contributed by atoms with Gasteiger partial charge in [-0.25, -0.2) is 0 Å². The quantitative estimate of drug-likeness (QED) is 0.669. The van der Waals surface area contributed by atoms with E-state index in [4.69, 9.17) is 5.26 Å². The molecule has 3 nitrogen and oxygen atoms in total. The van der Waals surface area contributed by atoms with Crippen molar-refractivity contribution in [3.05, 3.63) is 0 Å². The molecule has 0 radical (unpaired) electrons. The molecule has 0 aromatic carbocycles. The first kappa shape index (κ1) is 11.4. The third kappa shape index (κ3) is 6.14. The fraction of sp³-hybridized carbons (Fsp3) is 0.889. The van der Waals surface area contributed by atoms with Crippen molar-refractivity contribution in [1.82, 2.24) is 4.90 Å². The highest BCUT2D eigenvalue weighted by molar-refractivity contribution is 4.76. The van der Waals surface area contributed by atoms with E-state index in [1.54, 1.807) is 13.8 Å². The summed E-state index contributed by atoms with van der Waals surface area (Å²) in [5.41, 5.74) is -0.661. The van der Waals surface area contributed by atoms with E-state index in [0.717, 1.165) is 13.1 Å². The zero-order chi connectivity index (χ0) is 9.61. The van der Waals surface area contributed by atoms with Gasteiger partial charge in [0, 0.05) is 19.5 Å². The summed E-state index contributed by atoms with van der Waals surface area (Å²) in [5.74, 6) is 0. The number of nitrogens with zero attached hydrogens (tertiary/aromatic N) is 2. The summed E-state index contributed by atoms with van der Waals surface area (Å²) in [6, 6.07) is 2.09. The van der Waals surface area contributed by atoms with E-state index >= 15 is 0 Å². The Morgan fingerprint density at radius 3 is 2.42 bits per heavy atom. The lowest BCUT2D eigenvalue weighted by Gasteiger charge is -2.26. The molecule has 0 bridgehead atoms. The zero-order valence-corrected chi connectivity index (χ0v) is 8.17. The van der Waals surface area contributed by atoms with Crippen molar-refractivity contribution in [3.63, 3.8) is 0 Å². The molecular weight excluding hydrogens is 152 g/mol. The fourth-order valence-corrected chi connectivity index (χ4v) is 1.10. The second kappa shape index (κ2) is 5.13. The Bertz CT molecular complexity index is 155. The van der Waals surface area contributed by atoms with Crippen molar-refractivity contribution in [2.45, 2.75) is 32.8 Å². The van der Waals surface area contributed by atoms with Gasteiger partial charge in [-0.15, -0.1) is 0 Å². The highest BCUT2D eigenvalue weighted by atomic mass is 16.3. The summed E-state index contributed by atoms with van der Waals surface area (Å²) in [6.07, 6.45) is 0.532. The monoisotopic (exact) mass is 170 g/mol. The zero-order valence-electron chi connectivity index (χ0n) is 8.17. The Kier molecular flexibility index (Phi) is 4.87. The minimum Gasteiger partial charge on any atom is -0.389 e. The third-order valence-corrected chi connectivity index (χ3v) is 1.60. The molecule has 0 aromatic rings. The van der Waals surface area contributed by atoms with Gasteiger partial charge in [-0.1, -0.05) is 6.92 Å². The average Bonchev–Trinajstić information content (AvgIpc) is 1.95. The topological polar surface area (TPSA) is 47.3 Å². The van der Waals surface area contributed by atoms with Crippen molar-refractivity contribution < 1.29 is 5.11 Å². The molecule has 3 heteroatoms. The van der Waals surface area contributed by atoms with E-state index in [2.05, 4.69) is 11.0 Å². The third-order valence-electron chi connectivity index (χ3n) is 1.60. The van der Waals surface area contributed by atoms with E-state index in [1.165, 1.54) is 0 Å². The van der Waals surface area contributed by atoms with Gasteiger partial charge in [-0.3, -0.25) is 4.90 Å². The van der Waals surface area contributed by atoms with E-state index < -0.39 is 5.60 Å². The van der Waals surface area contributed by atoms with Crippen LogP contribution in [0, 0.1) is 11.3 Å². The predicted molar refractivity (Wildman–Crippen MR) is 48.6 cm³/mol. The first-order valence-corrected chi connectivity index (χ1v) is 4.31. The number of hydrogen-bond acceptors (Lipinski definition) is 3. The van der Waals surface area contributed by atoms with Crippen molar-refractivity contribution in [2.24, 2.45) is 0 Å². The minimum absolute atomic E-state index is 0.532. The molecule has 0 rings (SSSR count). The Labute approximate surface area is 74.6 Å².